The normalized spacial score (nSPS) is 11.8. The molecule has 0 fully saturated rings. The van der Waals surface area contributed by atoms with E-state index >= 15 is 0 Å². The number of hydrogen-bond donors (Lipinski definition) is 0. The van der Waals surface area contributed by atoms with Gasteiger partial charge in [-0.1, -0.05) is 37.6 Å². The molecule has 0 aliphatic heterocycles. The topological polar surface area (TPSA) is 72.2 Å². The molecule has 0 bridgehead atoms. The molecule has 0 saturated carbocycles. The third-order valence-corrected chi connectivity index (χ3v) is 9.20. The summed E-state index contributed by atoms with van der Waals surface area (Å²) in [6, 6.07) is 13.6. The summed E-state index contributed by atoms with van der Waals surface area (Å²) >= 11 is 13.6. The number of halogens is 2. The number of nitriles is 1. The minimum absolute atomic E-state index is 0.276. The highest BCUT2D eigenvalue weighted by Gasteiger charge is 2.26. The molecule has 1 heterocycles. The first kappa shape index (κ1) is 25.6. The maximum absolute atomic E-state index is 12.2. The first-order valence-corrected chi connectivity index (χ1v) is 14.6. The van der Waals surface area contributed by atoms with Gasteiger partial charge in [0.25, 0.3) is 0 Å². The molecule has 0 aliphatic rings. The highest BCUT2D eigenvalue weighted by molar-refractivity contribution is 7.75. The number of hydrogen-bond acceptors (Lipinski definition) is 6. The predicted molar refractivity (Wildman–Crippen MR) is 136 cm³/mol. The summed E-state index contributed by atoms with van der Waals surface area (Å²) in [7, 11) is -2.31. The number of alkyl halides is 1. The zero-order valence-corrected chi connectivity index (χ0v) is 22.1. The van der Waals surface area contributed by atoms with Gasteiger partial charge in [0, 0.05) is 11.6 Å². The lowest BCUT2D eigenvalue weighted by Crippen LogP contribution is -2.19. The van der Waals surface area contributed by atoms with Crippen LogP contribution < -0.4 is 14.1 Å². The van der Waals surface area contributed by atoms with E-state index in [0.29, 0.717) is 34.6 Å². The van der Waals surface area contributed by atoms with Gasteiger partial charge in [-0.3, -0.25) is 0 Å². The summed E-state index contributed by atoms with van der Waals surface area (Å²) in [4.78, 5) is 4.31. The quantitative estimate of drug-likeness (QED) is 0.239. The fourth-order valence-electron chi connectivity index (χ4n) is 3.22. The molecule has 0 saturated heterocycles. The third kappa shape index (κ3) is 6.11. The molecule has 2 aromatic carbocycles. The summed E-state index contributed by atoms with van der Waals surface area (Å²) < 4.78 is 24.4. The Kier molecular flexibility index (Phi) is 8.13. The SMILES string of the molecule is CC(C)(c1ccc(OCc2ncc(P(C)(C)=O)s2)cc1)c1cc(Cl)c(OCCCl)c(C#N)c1. The third-order valence-electron chi connectivity index (χ3n) is 5.22. The molecule has 5 nitrogen and oxygen atoms in total. The Morgan fingerprint density at radius 3 is 2.42 bits per heavy atom. The van der Waals surface area contributed by atoms with Crippen molar-refractivity contribution in [2.75, 3.05) is 25.8 Å². The van der Waals surface area contributed by atoms with E-state index in [9.17, 15) is 9.83 Å². The average molecular weight is 523 g/mol. The van der Waals surface area contributed by atoms with Gasteiger partial charge < -0.3 is 14.0 Å². The molecule has 0 unspecified atom stereocenters. The van der Waals surface area contributed by atoms with Crippen LogP contribution in [0.5, 0.6) is 11.5 Å². The Hall–Kier alpha value is -2.03. The van der Waals surface area contributed by atoms with Crippen LogP contribution >= 0.6 is 41.7 Å². The molecule has 33 heavy (non-hydrogen) atoms. The Labute approximate surface area is 208 Å². The molecule has 3 rings (SSSR count). The molecule has 0 atom stereocenters. The fraction of sp³-hybridized carbons (Fsp3) is 0.333. The van der Waals surface area contributed by atoms with Crippen molar-refractivity contribution in [2.45, 2.75) is 25.9 Å². The van der Waals surface area contributed by atoms with E-state index in [4.69, 9.17) is 32.7 Å². The molecule has 0 radical (unpaired) electrons. The van der Waals surface area contributed by atoms with Gasteiger partial charge in [0.15, 0.2) is 5.75 Å². The van der Waals surface area contributed by atoms with E-state index in [2.05, 4.69) is 24.9 Å². The number of benzene rings is 2. The van der Waals surface area contributed by atoms with E-state index in [1.54, 1.807) is 25.6 Å². The van der Waals surface area contributed by atoms with Gasteiger partial charge in [-0.15, -0.1) is 22.9 Å². The molecule has 3 aromatic rings. The Morgan fingerprint density at radius 2 is 1.85 bits per heavy atom. The lowest BCUT2D eigenvalue weighted by Gasteiger charge is -2.27. The number of ether oxygens (including phenoxy) is 2. The summed E-state index contributed by atoms with van der Waals surface area (Å²) in [5.41, 5.74) is 1.91. The first-order chi connectivity index (χ1) is 15.6. The molecule has 9 heteroatoms. The maximum atomic E-state index is 12.2. The van der Waals surface area contributed by atoms with E-state index < -0.39 is 12.6 Å². The van der Waals surface area contributed by atoms with Crippen LogP contribution in [0.3, 0.4) is 0 Å². The van der Waals surface area contributed by atoms with E-state index in [1.807, 2.05) is 30.3 Å². The highest BCUT2D eigenvalue weighted by atomic mass is 35.5. The van der Waals surface area contributed by atoms with Gasteiger partial charge in [-0.05, 0) is 48.7 Å². The predicted octanol–water partition coefficient (Wildman–Crippen LogP) is 6.44. The molecule has 1 aromatic heterocycles. The molecular formula is C24H25Cl2N2O3PS. The highest BCUT2D eigenvalue weighted by Crippen LogP contribution is 2.39. The Balaban J connectivity index is 1.77. The van der Waals surface area contributed by atoms with Crippen molar-refractivity contribution in [3.8, 4) is 17.6 Å². The second-order valence-electron chi connectivity index (χ2n) is 8.37. The second-order valence-corrected chi connectivity index (χ2v) is 13.8. The number of thiazole rings is 1. The van der Waals surface area contributed by atoms with E-state index in [0.717, 1.165) is 20.8 Å². The molecule has 0 aliphatic carbocycles. The Morgan fingerprint density at radius 1 is 1.15 bits per heavy atom. The van der Waals surface area contributed by atoms with Crippen LogP contribution in [0.15, 0.2) is 42.6 Å². The van der Waals surface area contributed by atoms with Gasteiger partial charge >= 0.3 is 0 Å². The van der Waals surface area contributed by atoms with E-state index in [1.165, 1.54) is 11.3 Å². The van der Waals surface area contributed by atoms with Crippen molar-refractivity contribution >= 4 is 46.3 Å². The summed E-state index contributed by atoms with van der Waals surface area (Å²) in [5.74, 6) is 1.38. The maximum Gasteiger partial charge on any atom is 0.155 e. The van der Waals surface area contributed by atoms with Gasteiger partial charge in [-0.2, -0.15) is 5.26 Å². The number of rotatable bonds is 9. The molecule has 174 valence electrons. The summed E-state index contributed by atoms with van der Waals surface area (Å²) in [5, 5.41) is 10.7. The van der Waals surface area contributed by atoms with Crippen LogP contribution in [0, 0.1) is 11.3 Å². The van der Waals surface area contributed by atoms with Crippen molar-refractivity contribution in [3.05, 3.63) is 69.3 Å². The zero-order valence-electron chi connectivity index (χ0n) is 18.9. The zero-order chi connectivity index (χ0) is 24.2. The van der Waals surface area contributed by atoms with Crippen LogP contribution in [0.25, 0.3) is 0 Å². The molecule has 0 spiro atoms. The summed E-state index contributed by atoms with van der Waals surface area (Å²) in [6.07, 6.45) is 1.67. The molecular weight excluding hydrogens is 498 g/mol. The lowest BCUT2D eigenvalue weighted by molar-refractivity contribution is 0.305. The van der Waals surface area contributed by atoms with Gasteiger partial charge in [0.2, 0.25) is 0 Å². The minimum Gasteiger partial charge on any atom is -0.489 e. The van der Waals surface area contributed by atoms with Gasteiger partial charge in [-0.25, -0.2) is 4.98 Å². The van der Waals surface area contributed by atoms with Crippen LogP contribution in [-0.4, -0.2) is 30.8 Å². The van der Waals surface area contributed by atoms with Crippen LogP contribution in [0.4, 0.5) is 0 Å². The van der Waals surface area contributed by atoms with Crippen LogP contribution in [0.1, 0.15) is 35.5 Å². The van der Waals surface area contributed by atoms with Crippen LogP contribution in [-0.2, 0) is 16.6 Å². The standard InChI is InChI=1S/C24H25Cl2N2O3PS/c1-24(2,18-11-16(13-27)23(20(26)12-18)30-10-9-25)17-5-7-19(8-6-17)31-15-21-28-14-22(33-21)32(3,4)29/h5-8,11-12,14H,9-10,15H2,1-4H3. The van der Waals surface area contributed by atoms with Crippen molar-refractivity contribution < 1.29 is 14.0 Å². The van der Waals surface area contributed by atoms with Crippen molar-refractivity contribution in [2.24, 2.45) is 0 Å². The molecule has 0 N–H and O–H groups in total. The van der Waals surface area contributed by atoms with Gasteiger partial charge in [0.05, 0.1) is 21.1 Å². The van der Waals surface area contributed by atoms with Crippen molar-refractivity contribution in [1.82, 2.24) is 4.98 Å². The first-order valence-electron chi connectivity index (χ1n) is 10.2. The summed E-state index contributed by atoms with van der Waals surface area (Å²) in [6.45, 7) is 8.20. The smallest absolute Gasteiger partial charge is 0.155 e. The monoisotopic (exact) mass is 522 g/mol. The van der Waals surface area contributed by atoms with Crippen molar-refractivity contribution in [1.29, 1.82) is 5.26 Å². The number of aromatic nitrogens is 1. The fourth-order valence-corrected chi connectivity index (χ4v) is 5.67. The van der Waals surface area contributed by atoms with Crippen molar-refractivity contribution in [3.63, 3.8) is 0 Å². The lowest BCUT2D eigenvalue weighted by atomic mass is 9.77. The van der Waals surface area contributed by atoms with E-state index in [-0.39, 0.29) is 6.61 Å². The largest absolute Gasteiger partial charge is 0.489 e. The number of nitrogens with zero attached hydrogens (tertiary/aromatic N) is 2. The molecule has 0 amide bonds. The average Bonchev–Trinajstić information content (AvgIpc) is 3.26. The second kappa shape index (κ2) is 10.5. The minimum atomic E-state index is -2.31. The van der Waals surface area contributed by atoms with Crippen LogP contribution in [0.2, 0.25) is 5.02 Å². The van der Waals surface area contributed by atoms with Gasteiger partial charge in [0.1, 0.15) is 37.2 Å². The Bertz CT molecular complexity index is 1210.